The van der Waals surface area contributed by atoms with Crippen LogP contribution in [0.15, 0.2) is 0 Å². The molecule has 0 amide bonds. The third kappa shape index (κ3) is 4.59. The van der Waals surface area contributed by atoms with E-state index < -0.39 is 0 Å². The molecule has 0 spiro atoms. The zero-order chi connectivity index (χ0) is 12.8. The number of rotatable bonds is 6. The molecule has 1 rings (SSSR count). The molecule has 4 nitrogen and oxygen atoms in total. The van der Waals surface area contributed by atoms with Gasteiger partial charge in [-0.1, -0.05) is 13.8 Å². The zero-order valence-electron chi connectivity index (χ0n) is 10.4. The topological polar surface area (TPSA) is 61.0 Å². The minimum atomic E-state index is 0.478. The van der Waals surface area contributed by atoms with E-state index in [0.29, 0.717) is 17.7 Å². The van der Waals surface area contributed by atoms with Gasteiger partial charge >= 0.3 is 0 Å². The van der Waals surface area contributed by atoms with Crippen molar-refractivity contribution in [1.29, 1.82) is 0 Å². The Morgan fingerprint density at radius 1 is 1.47 bits per heavy atom. The summed E-state index contributed by atoms with van der Waals surface area (Å²) in [5.41, 5.74) is 6.74. The molecule has 0 saturated heterocycles. The monoisotopic (exact) mass is 367 g/mol. The van der Waals surface area contributed by atoms with Crippen molar-refractivity contribution in [3.63, 3.8) is 0 Å². The maximum atomic E-state index is 5.87. The molecule has 96 valence electrons. The molecule has 0 saturated carbocycles. The van der Waals surface area contributed by atoms with Crippen LogP contribution in [0.3, 0.4) is 0 Å². The Balaban J connectivity index is 2.79. The molecule has 0 aromatic carbocycles. The molecule has 1 aromatic heterocycles. The van der Waals surface area contributed by atoms with E-state index in [9.17, 15) is 0 Å². The van der Waals surface area contributed by atoms with Gasteiger partial charge in [-0.25, -0.2) is 9.97 Å². The van der Waals surface area contributed by atoms with E-state index in [1.807, 2.05) is 11.8 Å². The Bertz CT molecular complexity index is 376. The van der Waals surface area contributed by atoms with Crippen LogP contribution in [0, 0.1) is 3.57 Å². The molecule has 6 heteroatoms. The number of hydrogen-bond acceptors (Lipinski definition) is 5. The number of methoxy groups -OCH3 is 1. The van der Waals surface area contributed by atoms with Crippen molar-refractivity contribution in [3.8, 4) is 0 Å². The molecule has 0 aliphatic rings. The summed E-state index contributed by atoms with van der Waals surface area (Å²) in [6.45, 7) is 4.86. The highest BCUT2D eigenvalue weighted by atomic mass is 127. The van der Waals surface area contributed by atoms with E-state index in [-0.39, 0.29) is 0 Å². The first-order valence-corrected chi connectivity index (χ1v) is 7.62. The van der Waals surface area contributed by atoms with Gasteiger partial charge < -0.3 is 10.5 Å². The Hall–Kier alpha value is -0.0800. The van der Waals surface area contributed by atoms with Crippen LogP contribution in [-0.2, 0) is 17.1 Å². The molecular formula is C11H18IN3OS. The van der Waals surface area contributed by atoms with Gasteiger partial charge in [0, 0.05) is 12.4 Å². The predicted octanol–water partition coefficient (Wildman–Crippen LogP) is 2.84. The summed E-state index contributed by atoms with van der Waals surface area (Å²) in [6, 6.07) is 0. The van der Waals surface area contributed by atoms with Crippen LogP contribution in [0.2, 0.25) is 0 Å². The third-order valence-corrected chi connectivity index (χ3v) is 4.85. The van der Waals surface area contributed by atoms with E-state index in [2.05, 4.69) is 46.4 Å². The number of nitrogens with zero attached hydrogens (tertiary/aromatic N) is 2. The Labute approximate surface area is 120 Å². The summed E-state index contributed by atoms with van der Waals surface area (Å²) >= 11 is 4.00. The second-order valence-corrected chi connectivity index (χ2v) is 6.25. The summed E-state index contributed by atoms with van der Waals surface area (Å²) < 4.78 is 6.00. The number of ether oxygens (including phenoxy) is 1. The van der Waals surface area contributed by atoms with Crippen molar-refractivity contribution in [2.45, 2.75) is 37.9 Å². The summed E-state index contributed by atoms with van der Waals surface area (Å²) in [7, 11) is 1.65. The molecular weight excluding hydrogens is 349 g/mol. The third-order valence-electron chi connectivity index (χ3n) is 2.34. The van der Waals surface area contributed by atoms with E-state index in [4.69, 9.17) is 10.5 Å². The number of nitrogen functional groups attached to an aromatic ring is 1. The maximum Gasteiger partial charge on any atom is 0.141 e. The molecule has 1 aromatic rings. The van der Waals surface area contributed by atoms with E-state index in [1.54, 1.807) is 7.11 Å². The minimum Gasteiger partial charge on any atom is -0.383 e. The number of aromatic nitrogens is 2. The highest BCUT2D eigenvalue weighted by Crippen LogP contribution is 2.21. The number of halogens is 1. The smallest absolute Gasteiger partial charge is 0.141 e. The Morgan fingerprint density at radius 2 is 2.18 bits per heavy atom. The Kier molecular flexibility index (Phi) is 6.50. The fourth-order valence-electron chi connectivity index (χ4n) is 1.20. The van der Waals surface area contributed by atoms with E-state index in [0.717, 1.165) is 27.3 Å². The first kappa shape index (κ1) is 15.0. The van der Waals surface area contributed by atoms with Gasteiger partial charge in [0.15, 0.2) is 0 Å². The molecule has 2 N–H and O–H groups in total. The van der Waals surface area contributed by atoms with Crippen molar-refractivity contribution < 1.29 is 4.74 Å². The molecule has 0 radical (unpaired) electrons. The maximum absolute atomic E-state index is 5.87. The van der Waals surface area contributed by atoms with Crippen LogP contribution in [0.5, 0.6) is 0 Å². The van der Waals surface area contributed by atoms with E-state index >= 15 is 0 Å². The highest BCUT2D eigenvalue weighted by Gasteiger charge is 2.10. The Morgan fingerprint density at radius 3 is 2.76 bits per heavy atom. The largest absolute Gasteiger partial charge is 0.383 e. The summed E-state index contributed by atoms with van der Waals surface area (Å²) in [4.78, 5) is 8.79. The van der Waals surface area contributed by atoms with Gasteiger partial charge in [0.1, 0.15) is 11.6 Å². The summed E-state index contributed by atoms with van der Waals surface area (Å²) in [5.74, 6) is 2.14. The normalized spacial score (nSPS) is 12.7. The molecule has 0 bridgehead atoms. The van der Waals surface area contributed by atoms with Crippen LogP contribution in [-0.4, -0.2) is 22.3 Å². The molecule has 0 aliphatic carbocycles. The fraction of sp³-hybridized carbons (Fsp3) is 0.636. The van der Waals surface area contributed by atoms with Gasteiger partial charge in [-0.15, -0.1) is 0 Å². The van der Waals surface area contributed by atoms with Crippen molar-refractivity contribution in [2.75, 3.05) is 12.8 Å². The standard InChI is InChI=1S/C11H18IN3OS/c1-4-7(2)17-6-9-14-8(5-16-3)10(12)11(13)15-9/h7H,4-6H2,1-3H3,(H2,13,14,15). The van der Waals surface area contributed by atoms with Crippen LogP contribution < -0.4 is 5.73 Å². The average molecular weight is 367 g/mol. The lowest BCUT2D eigenvalue weighted by atomic mass is 10.4. The molecule has 0 fully saturated rings. The quantitative estimate of drug-likeness (QED) is 0.784. The number of nitrogens with two attached hydrogens (primary N) is 1. The molecule has 0 aliphatic heterocycles. The SMILES string of the molecule is CCC(C)SCc1nc(N)c(I)c(COC)n1. The van der Waals surface area contributed by atoms with Gasteiger partial charge in [0.05, 0.1) is 21.6 Å². The van der Waals surface area contributed by atoms with Crippen molar-refractivity contribution in [2.24, 2.45) is 0 Å². The van der Waals surface area contributed by atoms with E-state index in [1.165, 1.54) is 0 Å². The first-order chi connectivity index (χ1) is 8.08. The van der Waals surface area contributed by atoms with Gasteiger partial charge in [-0.3, -0.25) is 0 Å². The summed E-state index contributed by atoms with van der Waals surface area (Å²) in [5, 5.41) is 0.616. The molecule has 1 atom stereocenters. The lowest BCUT2D eigenvalue weighted by molar-refractivity contribution is 0.180. The second-order valence-electron chi connectivity index (χ2n) is 3.75. The number of thioether (sulfide) groups is 1. The molecule has 1 heterocycles. The predicted molar refractivity (Wildman–Crippen MR) is 80.9 cm³/mol. The van der Waals surface area contributed by atoms with Crippen LogP contribution in [0.4, 0.5) is 5.82 Å². The second kappa shape index (κ2) is 7.38. The summed E-state index contributed by atoms with van der Waals surface area (Å²) in [6.07, 6.45) is 1.15. The van der Waals surface area contributed by atoms with Crippen molar-refractivity contribution >= 4 is 40.2 Å². The molecule has 17 heavy (non-hydrogen) atoms. The van der Waals surface area contributed by atoms with Crippen molar-refractivity contribution in [3.05, 3.63) is 15.1 Å². The van der Waals surface area contributed by atoms with Crippen molar-refractivity contribution in [1.82, 2.24) is 9.97 Å². The van der Waals surface area contributed by atoms with Gasteiger partial charge in [0.25, 0.3) is 0 Å². The van der Waals surface area contributed by atoms with Gasteiger partial charge in [0.2, 0.25) is 0 Å². The lowest BCUT2D eigenvalue weighted by Crippen LogP contribution is -2.08. The van der Waals surface area contributed by atoms with Crippen LogP contribution in [0.25, 0.3) is 0 Å². The van der Waals surface area contributed by atoms with Gasteiger partial charge in [-0.05, 0) is 29.0 Å². The van der Waals surface area contributed by atoms with Crippen LogP contribution >= 0.6 is 34.4 Å². The first-order valence-electron chi connectivity index (χ1n) is 5.49. The lowest BCUT2D eigenvalue weighted by Gasteiger charge is -2.10. The number of hydrogen-bond donors (Lipinski definition) is 1. The zero-order valence-corrected chi connectivity index (χ0v) is 13.3. The van der Waals surface area contributed by atoms with Gasteiger partial charge in [-0.2, -0.15) is 11.8 Å². The minimum absolute atomic E-state index is 0.478. The fourth-order valence-corrected chi connectivity index (χ4v) is 2.39. The average Bonchev–Trinajstić information content (AvgIpc) is 2.32. The highest BCUT2D eigenvalue weighted by molar-refractivity contribution is 14.1. The van der Waals surface area contributed by atoms with Crippen LogP contribution in [0.1, 0.15) is 31.8 Å². The number of anilines is 1. The molecule has 1 unspecified atom stereocenters.